The molecule has 1 aromatic heterocycles. The number of carbonyl (C=O) groups excluding carboxylic acids is 2. The van der Waals surface area contributed by atoms with Gasteiger partial charge in [-0.2, -0.15) is 0 Å². The fourth-order valence-corrected chi connectivity index (χ4v) is 4.67. The van der Waals surface area contributed by atoms with E-state index in [1.165, 1.54) is 7.11 Å². The standard InChI is InChI=1S/C30H36N2O6/c1-20-26(31-27(37-20)22-11-7-6-8-12-22)14-15-36-24-13-9-10-21(17-24)16-23-18-32(19-25(23)28(33)35-5)29(34)38-30(2,3)4/h6-13,17,23,25H,14-16,18-19H2,1-5H3/t23-,25+/m1/s1. The van der Waals surface area contributed by atoms with Gasteiger partial charge in [-0.25, -0.2) is 9.78 Å². The monoisotopic (exact) mass is 520 g/mol. The number of benzene rings is 2. The number of aryl methyl sites for hydroxylation is 1. The van der Waals surface area contributed by atoms with Crippen molar-refractivity contribution in [1.29, 1.82) is 0 Å². The highest BCUT2D eigenvalue weighted by Gasteiger charge is 2.41. The molecular formula is C30H36N2O6. The number of aromatic nitrogens is 1. The topological polar surface area (TPSA) is 91.1 Å². The predicted molar refractivity (Wildman–Crippen MR) is 143 cm³/mol. The summed E-state index contributed by atoms with van der Waals surface area (Å²) in [4.78, 5) is 31.4. The Balaban J connectivity index is 1.37. The molecule has 4 rings (SSSR count). The third-order valence-corrected chi connectivity index (χ3v) is 6.51. The minimum atomic E-state index is -0.602. The summed E-state index contributed by atoms with van der Waals surface area (Å²) >= 11 is 0. The number of methoxy groups -OCH3 is 1. The molecule has 1 aliphatic heterocycles. The highest BCUT2D eigenvalue weighted by atomic mass is 16.6. The summed E-state index contributed by atoms with van der Waals surface area (Å²) in [6.45, 7) is 8.55. The van der Waals surface area contributed by atoms with Crippen LogP contribution in [-0.4, -0.2) is 54.4 Å². The molecule has 1 saturated heterocycles. The Morgan fingerprint density at radius 3 is 2.55 bits per heavy atom. The molecule has 0 bridgehead atoms. The van der Waals surface area contributed by atoms with E-state index in [0.717, 1.165) is 28.3 Å². The van der Waals surface area contributed by atoms with Gasteiger partial charge in [0, 0.05) is 25.1 Å². The lowest BCUT2D eigenvalue weighted by Gasteiger charge is -2.24. The van der Waals surface area contributed by atoms with Crippen molar-refractivity contribution in [1.82, 2.24) is 9.88 Å². The normalized spacial score (nSPS) is 17.3. The number of oxazole rings is 1. The van der Waals surface area contributed by atoms with Crippen LogP contribution in [0.3, 0.4) is 0 Å². The summed E-state index contributed by atoms with van der Waals surface area (Å²) in [7, 11) is 1.38. The summed E-state index contributed by atoms with van der Waals surface area (Å²) in [6, 6.07) is 17.7. The van der Waals surface area contributed by atoms with Gasteiger partial charge in [-0.05, 0) is 69.9 Å². The molecule has 1 amide bonds. The zero-order valence-electron chi connectivity index (χ0n) is 22.7. The average molecular weight is 521 g/mol. The summed E-state index contributed by atoms with van der Waals surface area (Å²) in [5.74, 6) is 1.32. The molecule has 8 heteroatoms. The van der Waals surface area contributed by atoms with Crippen LogP contribution in [0.2, 0.25) is 0 Å². The molecule has 1 fully saturated rings. The second kappa shape index (κ2) is 11.7. The molecule has 0 radical (unpaired) electrons. The number of esters is 1. The average Bonchev–Trinajstić information content (AvgIpc) is 3.47. The van der Waals surface area contributed by atoms with Crippen LogP contribution in [-0.2, 0) is 27.1 Å². The SMILES string of the molecule is COC(=O)[C@H]1CN(C(=O)OC(C)(C)C)C[C@H]1Cc1cccc(OCCc2nc(-c3ccccc3)oc2C)c1. The van der Waals surface area contributed by atoms with Crippen molar-refractivity contribution in [3.63, 3.8) is 0 Å². The summed E-state index contributed by atoms with van der Waals surface area (Å²) < 4.78 is 22.4. The van der Waals surface area contributed by atoms with Gasteiger partial charge in [0.1, 0.15) is 17.1 Å². The third-order valence-electron chi connectivity index (χ3n) is 6.51. The minimum absolute atomic E-state index is 0.0839. The van der Waals surface area contributed by atoms with E-state index in [1.54, 1.807) is 4.90 Å². The van der Waals surface area contributed by atoms with Gasteiger partial charge in [0.05, 0.1) is 25.3 Å². The number of carbonyl (C=O) groups is 2. The zero-order valence-corrected chi connectivity index (χ0v) is 22.7. The first-order valence-corrected chi connectivity index (χ1v) is 12.9. The Kier molecular flexibility index (Phi) is 8.39. The molecule has 202 valence electrons. The van der Waals surface area contributed by atoms with Crippen molar-refractivity contribution in [3.8, 4) is 17.2 Å². The maximum Gasteiger partial charge on any atom is 0.410 e. The summed E-state index contributed by atoms with van der Waals surface area (Å²) in [6.07, 6.45) is 0.813. The minimum Gasteiger partial charge on any atom is -0.493 e. The number of amides is 1. The van der Waals surface area contributed by atoms with Crippen LogP contribution in [0.25, 0.3) is 11.5 Å². The Bertz CT molecular complexity index is 1250. The number of hydrogen-bond acceptors (Lipinski definition) is 7. The highest BCUT2D eigenvalue weighted by Crippen LogP contribution is 2.30. The van der Waals surface area contributed by atoms with E-state index in [1.807, 2.05) is 82.3 Å². The first kappa shape index (κ1) is 27.2. The van der Waals surface area contributed by atoms with Gasteiger partial charge in [0.25, 0.3) is 0 Å². The van der Waals surface area contributed by atoms with Crippen LogP contribution in [0, 0.1) is 18.8 Å². The zero-order chi connectivity index (χ0) is 27.3. The molecule has 0 unspecified atom stereocenters. The van der Waals surface area contributed by atoms with Crippen LogP contribution >= 0.6 is 0 Å². The molecule has 38 heavy (non-hydrogen) atoms. The van der Waals surface area contributed by atoms with Crippen LogP contribution in [0.5, 0.6) is 5.75 Å². The van der Waals surface area contributed by atoms with Crippen LogP contribution in [0.1, 0.15) is 37.8 Å². The molecule has 2 heterocycles. The van der Waals surface area contributed by atoms with E-state index < -0.39 is 17.6 Å². The summed E-state index contributed by atoms with van der Waals surface area (Å²) in [5.41, 5.74) is 2.23. The van der Waals surface area contributed by atoms with Gasteiger partial charge in [0.2, 0.25) is 5.89 Å². The first-order chi connectivity index (χ1) is 18.1. The van der Waals surface area contributed by atoms with Gasteiger partial charge < -0.3 is 23.5 Å². The lowest BCUT2D eigenvalue weighted by Crippen LogP contribution is -2.36. The Hall–Kier alpha value is -3.81. The van der Waals surface area contributed by atoms with Gasteiger partial charge in [-0.3, -0.25) is 4.79 Å². The van der Waals surface area contributed by atoms with Crippen LogP contribution in [0.15, 0.2) is 59.0 Å². The number of ether oxygens (including phenoxy) is 3. The largest absolute Gasteiger partial charge is 0.493 e. The Labute approximate surface area is 223 Å². The van der Waals surface area contributed by atoms with E-state index in [2.05, 4.69) is 4.98 Å². The number of hydrogen-bond donors (Lipinski definition) is 0. The van der Waals surface area contributed by atoms with Crippen molar-refractivity contribution in [3.05, 3.63) is 71.6 Å². The molecule has 8 nitrogen and oxygen atoms in total. The fraction of sp³-hybridized carbons (Fsp3) is 0.433. The maximum absolute atomic E-state index is 12.6. The second-order valence-corrected chi connectivity index (χ2v) is 10.6. The molecule has 0 aliphatic carbocycles. The highest BCUT2D eigenvalue weighted by molar-refractivity contribution is 5.76. The number of nitrogens with zero attached hydrogens (tertiary/aromatic N) is 2. The maximum atomic E-state index is 12.6. The van der Waals surface area contributed by atoms with Crippen molar-refractivity contribution in [2.45, 2.75) is 46.1 Å². The molecule has 2 aromatic carbocycles. The lowest BCUT2D eigenvalue weighted by atomic mass is 9.89. The Morgan fingerprint density at radius 2 is 1.84 bits per heavy atom. The van der Waals surface area contributed by atoms with Crippen LogP contribution in [0.4, 0.5) is 4.79 Å². The fourth-order valence-electron chi connectivity index (χ4n) is 4.67. The molecular weight excluding hydrogens is 484 g/mol. The van der Waals surface area contributed by atoms with Crippen molar-refractivity contribution < 1.29 is 28.2 Å². The van der Waals surface area contributed by atoms with Gasteiger partial charge in [0.15, 0.2) is 0 Å². The van der Waals surface area contributed by atoms with Gasteiger partial charge in [-0.1, -0.05) is 30.3 Å². The molecule has 3 aromatic rings. The molecule has 0 saturated carbocycles. The number of rotatable bonds is 8. The third kappa shape index (κ3) is 6.94. The predicted octanol–water partition coefficient (Wildman–Crippen LogP) is 5.47. The smallest absolute Gasteiger partial charge is 0.410 e. The molecule has 2 atom stereocenters. The van der Waals surface area contributed by atoms with Gasteiger partial charge in [-0.15, -0.1) is 0 Å². The van der Waals surface area contributed by atoms with Crippen molar-refractivity contribution >= 4 is 12.1 Å². The number of likely N-dealkylation sites (tertiary alicyclic amines) is 1. The van der Waals surface area contributed by atoms with E-state index in [9.17, 15) is 9.59 Å². The van der Waals surface area contributed by atoms with Crippen molar-refractivity contribution in [2.24, 2.45) is 11.8 Å². The van der Waals surface area contributed by atoms with Crippen molar-refractivity contribution in [2.75, 3.05) is 26.8 Å². The summed E-state index contributed by atoms with van der Waals surface area (Å²) in [5, 5.41) is 0. The second-order valence-electron chi connectivity index (χ2n) is 10.6. The van der Waals surface area contributed by atoms with Gasteiger partial charge >= 0.3 is 12.1 Å². The van der Waals surface area contributed by atoms with E-state index in [-0.39, 0.29) is 18.4 Å². The lowest BCUT2D eigenvalue weighted by molar-refractivity contribution is -0.146. The first-order valence-electron chi connectivity index (χ1n) is 12.9. The molecule has 0 spiro atoms. The quantitative estimate of drug-likeness (QED) is 0.364. The van der Waals surface area contributed by atoms with E-state index in [4.69, 9.17) is 18.6 Å². The Morgan fingerprint density at radius 1 is 1.08 bits per heavy atom. The molecule has 1 aliphatic rings. The van der Waals surface area contributed by atoms with E-state index in [0.29, 0.717) is 31.9 Å². The molecule has 0 N–H and O–H groups in total. The van der Waals surface area contributed by atoms with E-state index >= 15 is 0 Å². The van der Waals surface area contributed by atoms with Crippen LogP contribution < -0.4 is 4.74 Å².